The average Bonchev–Trinajstić information content (AvgIpc) is 1.98. The molecule has 0 aromatic carbocycles. The quantitative estimate of drug-likeness (QED) is 0.512. The number of hydrogen-bond acceptors (Lipinski definition) is 3. The van der Waals surface area contributed by atoms with E-state index in [9.17, 15) is 4.79 Å². The van der Waals surface area contributed by atoms with Gasteiger partial charge < -0.3 is 10.5 Å². The van der Waals surface area contributed by atoms with Crippen molar-refractivity contribution in [3.63, 3.8) is 0 Å². The Bertz CT molecular complexity index is 128. The van der Waals surface area contributed by atoms with E-state index in [2.05, 4.69) is 0 Å². The molecule has 11 heavy (non-hydrogen) atoms. The van der Waals surface area contributed by atoms with Crippen molar-refractivity contribution in [1.29, 1.82) is 0 Å². The Kier molecular flexibility index (Phi) is 5.24. The molecule has 0 rings (SSSR count). The van der Waals surface area contributed by atoms with E-state index in [1.165, 1.54) is 0 Å². The van der Waals surface area contributed by atoms with Gasteiger partial charge in [0, 0.05) is 0 Å². The molecule has 66 valence electrons. The van der Waals surface area contributed by atoms with E-state index in [1.807, 2.05) is 13.8 Å². The zero-order chi connectivity index (χ0) is 8.85. The summed E-state index contributed by atoms with van der Waals surface area (Å²) >= 11 is 5.31. The summed E-state index contributed by atoms with van der Waals surface area (Å²) in [5, 5.41) is 0. The fourth-order valence-corrected chi connectivity index (χ4v) is 0.585. The van der Waals surface area contributed by atoms with Crippen LogP contribution in [-0.4, -0.2) is 24.5 Å². The molecular weight excluding hydrogens is 166 g/mol. The molecule has 4 heteroatoms. The molecule has 0 unspecified atom stereocenters. The second kappa shape index (κ2) is 5.38. The largest absolute Gasteiger partial charge is 0.463 e. The molecule has 1 atom stereocenters. The highest BCUT2D eigenvalue weighted by Crippen LogP contribution is 2.00. The summed E-state index contributed by atoms with van der Waals surface area (Å²) < 4.78 is 4.72. The Morgan fingerprint density at radius 3 is 2.55 bits per heavy atom. The Morgan fingerprint density at radius 2 is 2.18 bits per heavy atom. The molecule has 0 radical (unpaired) electrons. The smallest absolute Gasteiger partial charge is 0.323 e. The normalized spacial score (nSPS) is 13.2. The maximum Gasteiger partial charge on any atom is 0.323 e. The summed E-state index contributed by atoms with van der Waals surface area (Å²) in [6.45, 7) is 3.97. The summed E-state index contributed by atoms with van der Waals surface area (Å²) in [6.07, 6.45) is 0. The molecule has 0 saturated heterocycles. The van der Waals surface area contributed by atoms with Crippen LogP contribution in [0.5, 0.6) is 0 Å². The van der Waals surface area contributed by atoms with Crippen LogP contribution in [0.4, 0.5) is 0 Å². The van der Waals surface area contributed by atoms with Crippen LogP contribution in [0.2, 0.25) is 0 Å². The van der Waals surface area contributed by atoms with E-state index >= 15 is 0 Å². The second-order valence-corrected chi connectivity index (χ2v) is 3.00. The Hall–Kier alpha value is -0.280. The van der Waals surface area contributed by atoms with Gasteiger partial charge in [-0.1, -0.05) is 13.8 Å². The Morgan fingerprint density at radius 1 is 1.64 bits per heavy atom. The first-order valence-corrected chi connectivity index (χ1v) is 4.11. The van der Waals surface area contributed by atoms with Crippen LogP contribution in [0.1, 0.15) is 13.8 Å². The van der Waals surface area contributed by atoms with Crippen LogP contribution in [0.3, 0.4) is 0 Å². The van der Waals surface area contributed by atoms with Gasteiger partial charge in [-0.05, 0) is 5.92 Å². The summed E-state index contributed by atoms with van der Waals surface area (Å²) in [4.78, 5) is 10.9. The van der Waals surface area contributed by atoms with Crippen molar-refractivity contribution >= 4 is 17.6 Å². The first-order valence-electron chi connectivity index (χ1n) is 3.57. The van der Waals surface area contributed by atoms with Gasteiger partial charge in [0.15, 0.2) is 0 Å². The van der Waals surface area contributed by atoms with Crippen LogP contribution in [0.25, 0.3) is 0 Å². The maximum absolute atomic E-state index is 10.9. The molecule has 0 aliphatic rings. The van der Waals surface area contributed by atoms with Crippen molar-refractivity contribution in [3.05, 3.63) is 0 Å². The summed E-state index contributed by atoms with van der Waals surface area (Å²) in [5.74, 6) is 0.0507. The van der Waals surface area contributed by atoms with Crippen molar-refractivity contribution in [3.8, 4) is 0 Å². The molecule has 3 nitrogen and oxygen atoms in total. The van der Waals surface area contributed by atoms with Gasteiger partial charge in [-0.2, -0.15) is 0 Å². The van der Waals surface area contributed by atoms with Gasteiger partial charge >= 0.3 is 5.97 Å². The van der Waals surface area contributed by atoms with Crippen molar-refractivity contribution < 1.29 is 9.53 Å². The van der Waals surface area contributed by atoms with E-state index in [0.29, 0.717) is 5.88 Å². The monoisotopic (exact) mass is 179 g/mol. The number of alkyl halides is 1. The summed E-state index contributed by atoms with van der Waals surface area (Å²) in [5.41, 5.74) is 5.48. The van der Waals surface area contributed by atoms with Gasteiger partial charge in [-0.25, -0.2) is 0 Å². The van der Waals surface area contributed by atoms with Crippen molar-refractivity contribution in [2.75, 3.05) is 12.5 Å². The highest BCUT2D eigenvalue weighted by molar-refractivity contribution is 6.18. The third-order valence-electron chi connectivity index (χ3n) is 1.31. The number of carbonyl (C=O) groups excluding carboxylic acids is 1. The van der Waals surface area contributed by atoms with Gasteiger partial charge in [0.2, 0.25) is 0 Å². The van der Waals surface area contributed by atoms with E-state index in [1.54, 1.807) is 0 Å². The topological polar surface area (TPSA) is 52.3 Å². The minimum atomic E-state index is -0.529. The molecule has 0 saturated carbocycles. The fourth-order valence-electron chi connectivity index (χ4n) is 0.508. The molecule has 2 N–H and O–H groups in total. The van der Waals surface area contributed by atoms with Gasteiger partial charge in [0.25, 0.3) is 0 Å². The van der Waals surface area contributed by atoms with Gasteiger partial charge in [0.1, 0.15) is 12.6 Å². The van der Waals surface area contributed by atoms with Gasteiger partial charge in [-0.15, -0.1) is 11.6 Å². The Labute approximate surface area is 71.8 Å². The lowest BCUT2D eigenvalue weighted by Crippen LogP contribution is -2.37. The lowest BCUT2D eigenvalue weighted by atomic mass is 10.1. The van der Waals surface area contributed by atoms with Gasteiger partial charge in [0.05, 0.1) is 5.88 Å². The van der Waals surface area contributed by atoms with E-state index in [4.69, 9.17) is 22.1 Å². The number of nitrogens with two attached hydrogens (primary N) is 1. The van der Waals surface area contributed by atoms with Crippen molar-refractivity contribution in [2.45, 2.75) is 19.9 Å². The molecular formula is C7H14ClNO2. The van der Waals surface area contributed by atoms with Crippen LogP contribution < -0.4 is 5.73 Å². The lowest BCUT2D eigenvalue weighted by Gasteiger charge is -2.13. The van der Waals surface area contributed by atoms with Gasteiger partial charge in [-0.3, -0.25) is 4.79 Å². The van der Waals surface area contributed by atoms with E-state index in [-0.39, 0.29) is 18.5 Å². The highest BCUT2D eigenvalue weighted by Gasteiger charge is 2.17. The van der Waals surface area contributed by atoms with Crippen LogP contribution in [-0.2, 0) is 9.53 Å². The predicted octanol–water partition coefficient (Wildman–Crippen LogP) is 0.752. The third kappa shape index (κ3) is 4.22. The molecule has 0 bridgehead atoms. The molecule has 0 aromatic heterocycles. The van der Waals surface area contributed by atoms with Crippen LogP contribution in [0.15, 0.2) is 0 Å². The second-order valence-electron chi connectivity index (χ2n) is 2.63. The minimum absolute atomic E-state index is 0.109. The molecule has 0 aliphatic carbocycles. The number of ether oxygens (including phenoxy) is 1. The number of carbonyl (C=O) groups is 1. The molecule has 0 amide bonds. The summed E-state index contributed by atoms with van der Waals surface area (Å²) in [6, 6.07) is -0.529. The number of rotatable bonds is 4. The Balaban J connectivity index is 3.64. The SMILES string of the molecule is CC(C)[C@H](N)C(=O)OCCCl. The van der Waals surface area contributed by atoms with E-state index in [0.717, 1.165) is 0 Å². The summed E-state index contributed by atoms with van der Waals surface area (Å²) in [7, 11) is 0. The minimum Gasteiger partial charge on any atom is -0.463 e. The third-order valence-corrected chi connectivity index (χ3v) is 1.47. The molecule has 0 aliphatic heterocycles. The number of halogens is 1. The predicted molar refractivity (Wildman–Crippen MR) is 44.5 cm³/mol. The zero-order valence-electron chi connectivity index (χ0n) is 6.84. The first-order chi connectivity index (χ1) is 5.09. The number of esters is 1. The number of hydrogen-bond donors (Lipinski definition) is 1. The standard InChI is InChI=1S/C7H14ClNO2/c1-5(2)6(9)7(10)11-4-3-8/h5-6H,3-4,9H2,1-2H3/t6-/m0/s1. The molecule has 0 aromatic rings. The van der Waals surface area contributed by atoms with E-state index < -0.39 is 6.04 Å². The molecule has 0 fully saturated rings. The van der Waals surface area contributed by atoms with Crippen LogP contribution >= 0.6 is 11.6 Å². The van der Waals surface area contributed by atoms with Crippen molar-refractivity contribution in [2.24, 2.45) is 11.7 Å². The first kappa shape index (κ1) is 10.7. The molecule has 0 heterocycles. The lowest BCUT2D eigenvalue weighted by molar-refractivity contribution is -0.145. The molecule has 0 spiro atoms. The maximum atomic E-state index is 10.9. The average molecular weight is 180 g/mol. The highest BCUT2D eigenvalue weighted by atomic mass is 35.5. The zero-order valence-corrected chi connectivity index (χ0v) is 7.60. The van der Waals surface area contributed by atoms with Crippen LogP contribution in [0, 0.1) is 5.92 Å². The fraction of sp³-hybridized carbons (Fsp3) is 0.857. The van der Waals surface area contributed by atoms with Crippen molar-refractivity contribution in [1.82, 2.24) is 0 Å².